The molecule has 0 aliphatic heterocycles. The summed E-state index contributed by atoms with van der Waals surface area (Å²) in [5.74, 6) is 0. The largest absolute Gasteiger partial charge is 1.00 e. The summed E-state index contributed by atoms with van der Waals surface area (Å²) in [5, 5.41) is 4.63. The van der Waals surface area contributed by atoms with E-state index in [-0.39, 0.29) is 40.7 Å². The number of aryl methyl sites for hydroxylation is 1. The van der Waals surface area contributed by atoms with Crippen LogP contribution in [0.25, 0.3) is 26.3 Å². The van der Waals surface area contributed by atoms with E-state index in [1.54, 1.807) is 17.6 Å². The Bertz CT molecular complexity index is 1480. The normalized spacial score (nSPS) is 11.1. The Kier molecular flexibility index (Phi) is 5.74. The summed E-state index contributed by atoms with van der Waals surface area (Å²) in [5.41, 5.74) is 2.30. The fourth-order valence-corrected chi connectivity index (χ4v) is 4.61. The molecule has 0 saturated heterocycles. The minimum atomic E-state index is -0.232. The molecule has 30 heavy (non-hydrogen) atoms. The van der Waals surface area contributed by atoms with E-state index in [9.17, 15) is 9.59 Å². The maximum Gasteiger partial charge on any atom is 1.00 e. The number of benzene rings is 2. The van der Waals surface area contributed by atoms with Crippen LogP contribution in [-0.2, 0) is 6.54 Å². The molecule has 0 radical (unpaired) electrons. The van der Waals surface area contributed by atoms with Crippen LogP contribution in [0, 0.1) is 6.92 Å². The molecule has 0 unspecified atom stereocenters. The molecule has 0 amide bonds. The molecule has 0 aliphatic carbocycles. The van der Waals surface area contributed by atoms with Crippen LogP contribution in [0.15, 0.2) is 64.2 Å². The molecule has 3 heterocycles. The van der Waals surface area contributed by atoms with Gasteiger partial charge in [0.2, 0.25) is 5.13 Å². The molecule has 0 bridgehead atoms. The number of pyridine rings is 1. The van der Waals surface area contributed by atoms with Gasteiger partial charge in [0.25, 0.3) is 11.1 Å². The van der Waals surface area contributed by atoms with Gasteiger partial charge in [0.1, 0.15) is 0 Å². The fraction of sp³-hybridized carbons (Fsp3) is 0.0952. The van der Waals surface area contributed by atoms with Gasteiger partial charge in [-0.2, -0.15) is 4.68 Å². The molecule has 5 aromatic rings. The van der Waals surface area contributed by atoms with E-state index in [1.807, 2.05) is 42.5 Å². The summed E-state index contributed by atoms with van der Waals surface area (Å²) >= 11 is 7.67. The van der Waals surface area contributed by atoms with Gasteiger partial charge in [-0.15, -0.1) is 0 Å². The summed E-state index contributed by atoms with van der Waals surface area (Å²) in [6.45, 7) is 2.07. The van der Waals surface area contributed by atoms with Crippen LogP contribution in [0.2, 0.25) is 5.02 Å². The maximum absolute atomic E-state index is 13.2. The van der Waals surface area contributed by atoms with Crippen molar-refractivity contribution in [2.24, 2.45) is 0 Å². The van der Waals surface area contributed by atoms with Crippen molar-refractivity contribution < 1.29 is 29.6 Å². The second-order valence-electron chi connectivity index (χ2n) is 6.75. The van der Waals surface area contributed by atoms with Crippen molar-refractivity contribution >= 4 is 44.1 Å². The van der Waals surface area contributed by atoms with Crippen LogP contribution < -0.4 is 40.7 Å². The Morgan fingerprint density at radius 3 is 2.60 bits per heavy atom. The average molecular weight is 446 g/mol. The molecule has 0 fully saturated rings. The first kappa shape index (κ1) is 21.1. The zero-order chi connectivity index (χ0) is 20.1. The van der Waals surface area contributed by atoms with Gasteiger partial charge in [0.05, 0.1) is 27.7 Å². The number of para-hydroxylation sites is 1. The standard InChI is InChI=1S/C21H15ClN4O2S.Na/c1-12-19-16(10-18(27)25(12)11-13-6-2-3-7-14(13)22)24-26(20(19)28)21-23-15-8-4-5-9-17(15)29-21;/h2-10,24H,11H2,1H3;/q;+1. The summed E-state index contributed by atoms with van der Waals surface area (Å²) in [7, 11) is 0. The number of aromatic nitrogens is 4. The van der Waals surface area contributed by atoms with E-state index in [2.05, 4.69) is 10.1 Å². The quantitative estimate of drug-likeness (QED) is 0.423. The van der Waals surface area contributed by atoms with Crippen LogP contribution >= 0.6 is 22.9 Å². The van der Waals surface area contributed by atoms with Gasteiger partial charge in [0.15, 0.2) is 0 Å². The minimum absolute atomic E-state index is 0. The van der Waals surface area contributed by atoms with Crippen LogP contribution in [0.3, 0.4) is 0 Å². The van der Waals surface area contributed by atoms with E-state index in [0.717, 1.165) is 15.8 Å². The molecule has 0 saturated carbocycles. The number of nitrogens with zero attached hydrogens (tertiary/aromatic N) is 3. The second kappa shape index (κ2) is 8.17. The molecule has 3 aromatic heterocycles. The number of nitrogens with one attached hydrogen (secondary N) is 1. The zero-order valence-corrected chi connectivity index (χ0v) is 19.9. The summed E-state index contributed by atoms with van der Waals surface area (Å²) in [6, 6.07) is 16.5. The molecule has 2 aromatic carbocycles. The van der Waals surface area contributed by atoms with Crippen molar-refractivity contribution in [3.05, 3.63) is 91.6 Å². The number of hydrogen-bond donors (Lipinski definition) is 1. The van der Waals surface area contributed by atoms with E-state index in [4.69, 9.17) is 11.6 Å². The third kappa shape index (κ3) is 3.46. The van der Waals surface area contributed by atoms with Gasteiger partial charge in [-0.3, -0.25) is 14.7 Å². The van der Waals surface area contributed by atoms with Crippen molar-refractivity contribution in [2.45, 2.75) is 13.5 Å². The van der Waals surface area contributed by atoms with Gasteiger partial charge in [-0.25, -0.2) is 4.98 Å². The SMILES string of the molecule is Cc1c2c(=O)n(-c3nc4ccccc4s3)[nH]c2cc(=O)n1Cc1ccccc1Cl.[Na+]. The molecule has 144 valence electrons. The Labute approximate surface area is 202 Å². The fourth-order valence-electron chi connectivity index (χ4n) is 3.49. The molecule has 0 aliphatic rings. The van der Waals surface area contributed by atoms with Crippen molar-refractivity contribution in [1.29, 1.82) is 0 Å². The predicted molar refractivity (Wildman–Crippen MR) is 117 cm³/mol. The van der Waals surface area contributed by atoms with Gasteiger partial charge >= 0.3 is 29.6 Å². The number of H-pyrrole nitrogens is 1. The van der Waals surface area contributed by atoms with E-state index in [1.165, 1.54) is 22.1 Å². The van der Waals surface area contributed by atoms with E-state index >= 15 is 0 Å². The summed E-state index contributed by atoms with van der Waals surface area (Å²) in [4.78, 5) is 30.5. The molecule has 0 atom stereocenters. The molecular weight excluding hydrogens is 431 g/mol. The Hall–Kier alpha value is -2.16. The number of thiazole rings is 1. The number of aromatic amines is 1. The Morgan fingerprint density at radius 2 is 1.83 bits per heavy atom. The molecular formula is C21H15ClN4NaO2S+. The van der Waals surface area contributed by atoms with Crippen LogP contribution in [0.1, 0.15) is 11.3 Å². The molecule has 0 spiro atoms. The average Bonchev–Trinajstić information content (AvgIpc) is 3.27. The minimum Gasteiger partial charge on any atom is -0.308 e. The van der Waals surface area contributed by atoms with Crippen molar-refractivity contribution in [3.8, 4) is 5.13 Å². The zero-order valence-electron chi connectivity index (χ0n) is 16.3. The van der Waals surface area contributed by atoms with Crippen molar-refractivity contribution in [1.82, 2.24) is 19.3 Å². The van der Waals surface area contributed by atoms with Crippen LogP contribution in [0.5, 0.6) is 0 Å². The van der Waals surface area contributed by atoms with Gasteiger partial charge in [-0.1, -0.05) is 53.3 Å². The topological polar surface area (TPSA) is 72.7 Å². The first-order valence-corrected chi connectivity index (χ1v) is 10.2. The number of hydrogen-bond acceptors (Lipinski definition) is 4. The van der Waals surface area contributed by atoms with E-state index in [0.29, 0.717) is 33.3 Å². The first-order chi connectivity index (χ1) is 14.0. The second-order valence-corrected chi connectivity index (χ2v) is 8.17. The number of rotatable bonds is 3. The molecule has 6 nitrogen and oxygen atoms in total. The Morgan fingerprint density at radius 1 is 1.10 bits per heavy atom. The third-order valence-electron chi connectivity index (χ3n) is 4.98. The van der Waals surface area contributed by atoms with Gasteiger partial charge < -0.3 is 4.57 Å². The Balaban J connectivity index is 0.00000218. The van der Waals surface area contributed by atoms with Crippen molar-refractivity contribution in [2.75, 3.05) is 0 Å². The summed E-state index contributed by atoms with van der Waals surface area (Å²) in [6.07, 6.45) is 0. The van der Waals surface area contributed by atoms with Crippen LogP contribution in [0.4, 0.5) is 0 Å². The van der Waals surface area contributed by atoms with E-state index < -0.39 is 0 Å². The monoisotopic (exact) mass is 445 g/mol. The van der Waals surface area contributed by atoms with Crippen LogP contribution in [-0.4, -0.2) is 19.3 Å². The number of fused-ring (bicyclic) bond motifs is 2. The number of halogens is 1. The molecule has 5 rings (SSSR count). The predicted octanol–water partition coefficient (Wildman–Crippen LogP) is 1.10. The summed E-state index contributed by atoms with van der Waals surface area (Å²) < 4.78 is 3.96. The maximum atomic E-state index is 13.2. The molecule has 9 heteroatoms. The van der Waals surface area contributed by atoms with Crippen molar-refractivity contribution in [3.63, 3.8) is 0 Å². The van der Waals surface area contributed by atoms with Gasteiger partial charge in [-0.05, 0) is 30.7 Å². The molecule has 1 N–H and O–H groups in total. The van der Waals surface area contributed by atoms with Gasteiger partial charge in [0, 0.05) is 16.8 Å². The first-order valence-electron chi connectivity index (χ1n) is 8.97. The third-order valence-corrected chi connectivity index (χ3v) is 6.37. The smallest absolute Gasteiger partial charge is 0.308 e.